The van der Waals surface area contributed by atoms with Gasteiger partial charge in [0.05, 0.1) is 11.6 Å². The summed E-state index contributed by atoms with van der Waals surface area (Å²) in [7, 11) is 1.68. The molecule has 2 N–H and O–H groups in total. The number of aromatic nitrogens is 2. The lowest BCUT2D eigenvalue weighted by Crippen LogP contribution is -2.17. The Morgan fingerprint density at radius 2 is 2.30 bits per heavy atom. The fraction of sp³-hybridized carbons (Fsp3) is 0.533. The number of benzene rings is 1. The fourth-order valence-electron chi connectivity index (χ4n) is 2.66. The van der Waals surface area contributed by atoms with Crippen molar-refractivity contribution in [3.8, 4) is 0 Å². The molecule has 1 fully saturated rings. The Hall–Kier alpha value is -1.46. The molecule has 3 rings (SSSR count). The minimum absolute atomic E-state index is 0.169. The van der Waals surface area contributed by atoms with Crippen molar-refractivity contribution in [2.45, 2.75) is 37.8 Å². The van der Waals surface area contributed by atoms with E-state index >= 15 is 0 Å². The second-order valence-corrected chi connectivity index (χ2v) is 5.42. The summed E-state index contributed by atoms with van der Waals surface area (Å²) in [6.45, 7) is 0.686. The van der Waals surface area contributed by atoms with Gasteiger partial charge in [0.15, 0.2) is 5.82 Å². The first-order chi connectivity index (χ1) is 9.72. The topological polar surface area (TPSA) is 53.1 Å². The van der Waals surface area contributed by atoms with Crippen LogP contribution in [0.3, 0.4) is 0 Å². The number of fused-ring (bicyclic) bond motifs is 1. The Morgan fingerprint density at radius 3 is 3.00 bits per heavy atom. The Balaban J connectivity index is 1.96. The van der Waals surface area contributed by atoms with E-state index in [4.69, 9.17) is 10.5 Å². The van der Waals surface area contributed by atoms with Crippen LogP contribution in [0.5, 0.6) is 0 Å². The third-order valence-electron chi connectivity index (χ3n) is 3.81. The molecule has 0 saturated heterocycles. The van der Waals surface area contributed by atoms with Crippen LogP contribution in [0.4, 0.5) is 4.39 Å². The van der Waals surface area contributed by atoms with Gasteiger partial charge in [-0.05, 0) is 37.8 Å². The number of halogens is 1. The van der Waals surface area contributed by atoms with E-state index < -0.39 is 0 Å². The number of rotatable bonds is 6. The summed E-state index contributed by atoms with van der Waals surface area (Å²) >= 11 is 0. The first-order valence-electron chi connectivity index (χ1n) is 7.13. The summed E-state index contributed by atoms with van der Waals surface area (Å²) in [5, 5.41) is 0. The average molecular weight is 277 g/mol. The van der Waals surface area contributed by atoms with Crippen molar-refractivity contribution in [3.05, 3.63) is 29.8 Å². The van der Waals surface area contributed by atoms with Crippen molar-refractivity contribution in [1.82, 2.24) is 9.55 Å². The molecule has 1 aromatic heterocycles. The molecule has 0 amide bonds. The van der Waals surface area contributed by atoms with Gasteiger partial charge in [-0.3, -0.25) is 0 Å². The van der Waals surface area contributed by atoms with E-state index in [2.05, 4.69) is 9.55 Å². The molecule has 1 aromatic carbocycles. The molecule has 1 aliphatic carbocycles. The largest absolute Gasteiger partial charge is 0.385 e. The average Bonchev–Trinajstić information content (AvgIpc) is 3.19. The lowest BCUT2D eigenvalue weighted by molar-refractivity contribution is 0.190. The number of ether oxygens (including phenoxy) is 1. The van der Waals surface area contributed by atoms with Crippen LogP contribution in [-0.2, 0) is 4.74 Å². The maximum Gasteiger partial charge on any atom is 0.151 e. The molecule has 1 heterocycles. The molecule has 0 bridgehead atoms. The van der Waals surface area contributed by atoms with Gasteiger partial charge in [-0.2, -0.15) is 0 Å². The molecule has 1 saturated carbocycles. The van der Waals surface area contributed by atoms with Crippen LogP contribution < -0.4 is 5.73 Å². The van der Waals surface area contributed by atoms with E-state index in [1.165, 1.54) is 6.07 Å². The first kappa shape index (κ1) is 13.5. The Kier molecular flexibility index (Phi) is 3.72. The molecule has 0 spiro atoms. The number of para-hydroxylation sites is 1. The van der Waals surface area contributed by atoms with Crippen LogP contribution in [0.1, 0.15) is 43.6 Å². The number of nitrogens with two attached hydrogens (primary N) is 1. The minimum Gasteiger partial charge on any atom is -0.385 e. The highest BCUT2D eigenvalue weighted by atomic mass is 19.1. The van der Waals surface area contributed by atoms with Crippen LogP contribution in [0.15, 0.2) is 18.2 Å². The lowest BCUT2D eigenvalue weighted by atomic mass is 10.1. The number of hydrogen-bond donors (Lipinski definition) is 1. The highest BCUT2D eigenvalue weighted by molar-refractivity contribution is 5.77. The maximum absolute atomic E-state index is 13.9. The summed E-state index contributed by atoms with van der Waals surface area (Å²) in [5.41, 5.74) is 7.56. The van der Waals surface area contributed by atoms with Crippen LogP contribution in [0, 0.1) is 5.82 Å². The summed E-state index contributed by atoms with van der Waals surface area (Å²) < 4.78 is 21.1. The van der Waals surface area contributed by atoms with E-state index in [0.29, 0.717) is 18.2 Å². The molecule has 20 heavy (non-hydrogen) atoms. The van der Waals surface area contributed by atoms with E-state index in [1.807, 2.05) is 6.07 Å². The van der Waals surface area contributed by atoms with Gasteiger partial charge in [0.1, 0.15) is 11.3 Å². The SMILES string of the molecule is COCCCC(N)c1nc2c(F)cccc2n1C1CC1. The highest BCUT2D eigenvalue weighted by Crippen LogP contribution is 2.40. The van der Waals surface area contributed by atoms with Crippen LogP contribution >= 0.6 is 0 Å². The van der Waals surface area contributed by atoms with E-state index in [-0.39, 0.29) is 11.9 Å². The molecular weight excluding hydrogens is 257 g/mol. The molecule has 1 unspecified atom stereocenters. The van der Waals surface area contributed by atoms with E-state index in [1.54, 1.807) is 13.2 Å². The second-order valence-electron chi connectivity index (χ2n) is 5.42. The number of methoxy groups -OCH3 is 1. The van der Waals surface area contributed by atoms with Crippen LogP contribution in [0.2, 0.25) is 0 Å². The van der Waals surface area contributed by atoms with Crippen molar-refractivity contribution >= 4 is 11.0 Å². The summed E-state index contributed by atoms with van der Waals surface area (Å²) in [5.74, 6) is 0.538. The first-order valence-corrected chi connectivity index (χ1v) is 7.13. The molecule has 0 radical (unpaired) electrons. The van der Waals surface area contributed by atoms with E-state index in [0.717, 1.165) is 37.0 Å². The predicted octanol–water partition coefficient (Wildman–Crippen LogP) is 2.94. The van der Waals surface area contributed by atoms with Crippen LogP contribution in [-0.4, -0.2) is 23.3 Å². The van der Waals surface area contributed by atoms with Gasteiger partial charge in [-0.15, -0.1) is 0 Å². The van der Waals surface area contributed by atoms with Gasteiger partial charge < -0.3 is 15.0 Å². The number of imidazole rings is 1. The van der Waals surface area contributed by atoms with Crippen LogP contribution in [0.25, 0.3) is 11.0 Å². The van der Waals surface area contributed by atoms with Gasteiger partial charge in [-0.25, -0.2) is 9.37 Å². The molecule has 108 valence electrons. The fourth-order valence-corrected chi connectivity index (χ4v) is 2.66. The normalized spacial score (nSPS) is 16.8. The summed E-state index contributed by atoms with van der Waals surface area (Å²) in [6.07, 6.45) is 3.93. The second kappa shape index (κ2) is 5.50. The third-order valence-corrected chi connectivity index (χ3v) is 3.81. The van der Waals surface area contributed by atoms with Crippen molar-refractivity contribution in [3.63, 3.8) is 0 Å². The zero-order valence-corrected chi connectivity index (χ0v) is 11.7. The standard InChI is InChI=1S/C15H20FN3O/c1-20-9-3-5-12(17)15-18-14-11(16)4-2-6-13(14)19(15)10-7-8-10/h2,4,6,10,12H,3,5,7-9,17H2,1H3. The highest BCUT2D eigenvalue weighted by Gasteiger charge is 2.30. The molecule has 0 aliphatic heterocycles. The molecule has 2 aromatic rings. The van der Waals surface area contributed by atoms with Gasteiger partial charge in [0.2, 0.25) is 0 Å². The molecular formula is C15H20FN3O. The van der Waals surface area contributed by atoms with E-state index in [9.17, 15) is 4.39 Å². The minimum atomic E-state index is -0.271. The quantitative estimate of drug-likeness (QED) is 0.826. The smallest absolute Gasteiger partial charge is 0.151 e. The molecule has 1 aliphatic rings. The van der Waals surface area contributed by atoms with Crippen molar-refractivity contribution in [1.29, 1.82) is 0 Å². The van der Waals surface area contributed by atoms with Gasteiger partial charge >= 0.3 is 0 Å². The van der Waals surface area contributed by atoms with Gasteiger partial charge in [0.25, 0.3) is 0 Å². The summed E-state index contributed by atoms with van der Waals surface area (Å²) in [4.78, 5) is 4.47. The molecule has 1 atom stereocenters. The van der Waals surface area contributed by atoms with Crippen molar-refractivity contribution < 1.29 is 9.13 Å². The van der Waals surface area contributed by atoms with Crippen molar-refractivity contribution in [2.75, 3.05) is 13.7 Å². The molecule has 4 nitrogen and oxygen atoms in total. The Morgan fingerprint density at radius 1 is 1.50 bits per heavy atom. The zero-order valence-electron chi connectivity index (χ0n) is 11.7. The molecule has 5 heteroatoms. The summed E-state index contributed by atoms with van der Waals surface area (Å²) in [6, 6.07) is 5.38. The van der Waals surface area contributed by atoms with Gasteiger partial charge in [0, 0.05) is 19.8 Å². The maximum atomic E-state index is 13.9. The van der Waals surface area contributed by atoms with Crippen molar-refractivity contribution in [2.24, 2.45) is 5.73 Å². The monoisotopic (exact) mass is 277 g/mol. The number of nitrogens with zero attached hydrogens (tertiary/aromatic N) is 2. The lowest BCUT2D eigenvalue weighted by Gasteiger charge is -2.14. The third kappa shape index (κ3) is 2.43. The zero-order chi connectivity index (χ0) is 14.1. The Bertz CT molecular complexity index is 606. The van der Waals surface area contributed by atoms with Gasteiger partial charge in [-0.1, -0.05) is 6.07 Å². The number of hydrogen-bond acceptors (Lipinski definition) is 3. The Labute approximate surface area is 117 Å². The predicted molar refractivity (Wildman–Crippen MR) is 76.0 cm³/mol.